The Labute approximate surface area is 104 Å². The third-order valence-electron chi connectivity index (χ3n) is 2.62. The molecule has 0 aliphatic heterocycles. The Balaban J connectivity index is 2.17. The van der Waals surface area contributed by atoms with Crippen LogP contribution in [0.4, 0.5) is 0 Å². The first kappa shape index (κ1) is 10.5. The average Bonchev–Trinajstić information content (AvgIpc) is 2.83. The van der Waals surface area contributed by atoms with Crippen molar-refractivity contribution >= 4 is 0 Å². The normalized spacial score (nSPS) is 10.4. The Morgan fingerprint density at radius 3 is 2.11 bits per heavy atom. The maximum Gasteiger partial charge on any atom is 0.386 e. The zero-order valence-corrected chi connectivity index (χ0v) is 9.52. The second-order valence-corrected chi connectivity index (χ2v) is 3.83. The van der Waals surface area contributed by atoms with Crippen molar-refractivity contribution < 1.29 is 5.11 Å². The number of nitrogens with zero attached hydrogens (tertiary/aromatic N) is 3. The molecule has 0 aliphatic rings. The lowest BCUT2D eigenvalue weighted by Gasteiger charge is -2.04. The number of rotatable bonds is 2. The molecular formula is C14H10N3O. The molecule has 0 aliphatic carbocycles. The lowest BCUT2D eigenvalue weighted by molar-refractivity contribution is 0.319. The van der Waals surface area contributed by atoms with Crippen LogP contribution in [0.15, 0.2) is 60.7 Å². The standard InChI is InChI=1S/C14H10N3O/c18-14-15-13(11-7-3-1-4-8-11)17(16-14)12-9-5-2-6-10-12/h1-10H. The van der Waals surface area contributed by atoms with Gasteiger partial charge in [-0.25, -0.2) is 9.79 Å². The van der Waals surface area contributed by atoms with E-state index in [9.17, 15) is 5.11 Å². The van der Waals surface area contributed by atoms with Crippen LogP contribution in [0.1, 0.15) is 0 Å². The van der Waals surface area contributed by atoms with Crippen LogP contribution in [0.2, 0.25) is 0 Å². The molecule has 3 aromatic rings. The van der Waals surface area contributed by atoms with Crippen LogP contribution < -0.4 is 0 Å². The smallest absolute Gasteiger partial charge is 0.242 e. The van der Waals surface area contributed by atoms with E-state index in [1.807, 2.05) is 60.7 Å². The average molecular weight is 236 g/mol. The first-order chi connectivity index (χ1) is 8.84. The highest BCUT2D eigenvalue weighted by Gasteiger charge is 2.13. The minimum atomic E-state index is -0.474. The van der Waals surface area contributed by atoms with E-state index < -0.39 is 6.01 Å². The molecule has 0 saturated heterocycles. The molecule has 4 heteroatoms. The molecule has 3 rings (SSSR count). The molecule has 18 heavy (non-hydrogen) atoms. The van der Waals surface area contributed by atoms with Crippen molar-refractivity contribution in [2.45, 2.75) is 0 Å². The van der Waals surface area contributed by atoms with Gasteiger partial charge in [0.05, 0.1) is 5.69 Å². The quantitative estimate of drug-likeness (QED) is 0.686. The molecule has 0 atom stereocenters. The topological polar surface area (TPSA) is 50.6 Å². The van der Waals surface area contributed by atoms with Gasteiger partial charge in [0.25, 0.3) is 0 Å². The molecule has 0 bridgehead atoms. The molecule has 87 valence electrons. The van der Waals surface area contributed by atoms with E-state index in [0.29, 0.717) is 5.82 Å². The van der Waals surface area contributed by atoms with Gasteiger partial charge in [0.1, 0.15) is 0 Å². The van der Waals surface area contributed by atoms with Gasteiger partial charge in [0, 0.05) is 5.56 Å². The first-order valence-electron chi connectivity index (χ1n) is 5.59. The summed E-state index contributed by atoms with van der Waals surface area (Å²) in [6, 6.07) is 18.6. The molecule has 0 fully saturated rings. The molecule has 1 heterocycles. The highest BCUT2D eigenvalue weighted by atomic mass is 16.3. The fraction of sp³-hybridized carbons (Fsp3) is 0. The van der Waals surface area contributed by atoms with E-state index in [0.717, 1.165) is 11.3 Å². The van der Waals surface area contributed by atoms with Gasteiger partial charge in [0.2, 0.25) is 0 Å². The van der Waals surface area contributed by atoms with Gasteiger partial charge in [-0.15, -0.1) is 5.10 Å². The SMILES string of the molecule is [O]c1nc(-c2ccccc2)n(-c2ccccc2)n1. The zero-order chi connectivity index (χ0) is 12.4. The minimum absolute atomic E-state index is 0.474. The van der Waals surface area contributed by atoms with Gasteiger partial charge in [-0.2, -0.15) is 4.98 Å². The van der Waals surface area contributed by atoms with Gasteiger partial charge < -0.3 is 0 Å². The Bertz CT molecular complexity index is 590. The van der Waals surface area contributed by atoms with Crippen LogP contribution in [-0.2, 0) is 5.11 Å². The van der Waals surface area contributed by atoms with Crippen molar-refractivity contribution in [3.63, 3.8) is 0 Å². The number of para-hydroxylation sites is 1. The van der Waals surface area contributed by atoms with E-state index in [4.69, 9.17) is 0 Å². The van der Waals surface area contributed by atoms with Crippen molar-refractivity contribution in [2.24, 2.45) is 0 Å². The van der Waals surface area contributed by atoms with Crippen LogP contribution in [0.5, 0.6) is 6.01 Å². The Hall–Kier alpha value is -2.62. The number of benzene rings is 2. The Kier molecular flexibility index (Phi) is 2.53. The van der Waals surface area contributed by atoms with Crippen LogP contribution in [0, 0.1) is 0 Å². The molecule has 0 spiro atoms. The number of aromatic nitrogens is 3. The maximum absolute atomic E-state index is 11.4. The van der Waals surface area contributed by atoms with Crippen LogP contribution in [0.3, 0.4) is 0 Å². The predicted octanol–water partition coefficient (Wildman–Crippen LogP) is 3.08. The summed E-state index contributed by atoms with van der Waals surface area (Å²) in [5, 5.41) is 15.3. The fourth-order valence-corrected chi connectivity index (χ4v) is 1.82. The molecule has 0 amide bonds. The summed E-state index contributed by atoms with van der Waals surface area (Å²) in [5.41, 5.74) is 1.70. The lowest BCUT2D eigenvalue weighted by Crippen LogP contribution is -1.98. The second-order valence-electron chi connectivity index (χ2n) is 3.83. The van der Waals surface area contributed by atoms with E-state index in [2.05, 4.69) is 10.1 Å². The minimum Gasteiger partial charge on any atom is -0.242 e. The van der Waals surface area contributed by atoms with E-state index in [-0.39, 0.29) is 0 Å². The van der Waals surface area contributed by atoms with Gasteiger partial charge >= 0.3 is 6.01 Å². The van der Waals surface area contributed by atoms with E-state index in [1.165, 1.54) is 0 Å². The molecule has 1 radical (unpaired) electrons. The third-order valence-corrected chi connectivity index (χ3v) is 2.62. The van der Waals surface area contributed by atoms with Crippen molar-refractivity contribution in [1.29, 1.82) is 0 Å². The zero-order valence-electron chi connectivity index (χ0n) is 9.52. The molecule has 0 saturated carbocycles. The largest absolute Gasteiger partial charge is 0.386 e. The van der Waals surface area contributed by atoms with Crippen molar-refractivity contribution in [3.8, 4) is 23.1 Å². The highest BCUT2D eigenvalue weighted by Crippen LogP contribution is 2.22. The Morgan fingerprint density at radius 2 is 1.44 bits per heavy atom. The number of hydrogen-bond donors (Lipinski definition) is 0. The van der Waals surface area contributed by atoms with Gasteiger partial charge in [-0.05, 0) is 12.1 Å². The summed E-state index contributed by atoms with van der Waals surface area (Å²) in [7, 11) is 0. The summed E-state index contributed by atoms with van der Waals surface area (Å²) >= 11 is 0. The van der Waals surface area contributed by atoms with Crippen molar-refractivity contribution in [1.82, 2.24) is 14.8 Å². The molecule has 4 nitrogen and oxygen atoms in total. The third kappa shape index (κ3) is 1.84. The number of hydrogen-bond acceptors (Lipinski definition) is 2. The fourth-order valence-electron chi connectivity index (χ4n) is 1.82. The van der Waals surface area contributed by atoms with E-state index >= 15 is 0 Å². The van der Waals surface area contributed by atoms with Gasteiger partial charge in [-0.1, -0.05) is 48.5 Å². The Morgan fingerprint density at radius 1 is 0.833 bits per heavy atom. The molecule has 2 aromatic carbocycles. The van der Waals surface area contributed by atoms with Gasteiger partial charge in [0.15, 0.2) is 5.82 Å². The van der Waals surface area contributed by atoms with E-state index in [1.54, 1.807) is 4.68 Å². The van der Waals surface area contributed by atoms with Crippen molar-refractivity contribution in [2.75, 3.05) is 0 Å². The predicted molar refractivity (Wildman–Crippen MR) is 66.9 cm³/mol. The summed E-state index contributed by atoms with van der Waals surface area (Å²) in [6.45, 7) is 0. The van der Waals surface area contributed by atoms with Crippen LogP contribution >= 0.6 is 0 Å². The second kappa shape index (κ2) is 4.33. The molecule has 1 aromatic heterocycles. The van der Waals surface area contributed by atoms with Crippen LogP contribution in [-0.4, -0.2) is 14.8 Å². The van der Waals surface area contributed by atoms with Gasteiger partial charge in [-0.3, -0.25) is 0 Å². The monoisotopic (exact) mass is 236 g/mol. The summed E-state index contributed by atoms with van der Waals surface area (Å²) in [4.78, 5) is 3.95. The molecular weight excluding hydrogens is 226 g/mol. The lowest BCUT2D eigenvalue weighted by atomic mass is 10.2. The molecule has 0 unspecified atom stereocenters. The van der Waals surface area contributed by atoms with Crippen LogP contribution in [0.25, 0.3) is 17.1 Å². The summed E-state index contributed by atoms with van der Waals surface area (Å²) in [6.07, 6.45) is 0. The highest BCUT2D eigenvalue weighted by molar-refractivity contribution is 5.58. The summed E-state index contributed by atoms with van der Waals surface area (Å²) < 4.78 is 1.57. The summed E-state index contributed by atoms with van der Waals surface area (Å²) in [5.74, 6) is 0.562. The van der Waals surface area contributed by atoms with Crippen molar-refractivity contribution in [3.05, 3.63) is 60.7 Å². The first-order valence-corrected chi connectivity index (χ1v) is 5.59. The maximum atomic E-state index is 11.4. The molecule has 0 N–H and O–H groups in total.